The van der Waals surface area contributed by atoms with Gasteiger partial charge in [-0.15, -0.1) is 35.3 Å². The second-order valence-electron chi connectivity index (χ2n) is 4.80. The molecule has 0 spiro atoms. The zero-order chi connectivity index (χ0) is 14.1. The lowest BCUT2D eigenvalue weighted by Gasteiger charge is -2.15. The van der Waals surface area contributed by atoms with Crippen LogP contribution in [0.15, 0.2) is 27.1 Å². The first-order valence-corrected chi connectivity index (χ1v) is 9.96. The molecular weight excluding hydrogens is 320 g/mol. The van der Waals surface area contributed by atoms with Crippen LogP contribution < -0.4 is 0 Å². The van der Waals surface area contributed by atoms with Gasteiger partial charge in [-0.1, -0.05) is 0 Å². The van der Waals surface area contributed by atoms with E-state index in [0.29, 0.717) is 0 Å². The van der Waals surface area contributed by atoms with Crippen molar-refractivity contribution in [2.24, 2.45) is 15.0 Å². The monoisotopic (exact) mass is 334 g/mol. The third kappa shape index (κ3) is 2.91. The van der Waals surface area contributed by atoms with Crippen molar-refractivity contribution in [3.05, 3.63) is 29.1 Å². The summed E-state index contributed by atoms with van der Waals surface area (Å²) < 4.78 is 0. The lowest BCUT2D eigenvalue weighted by molar-refractivity contribution is 0.885. The summed E-state index contributed by atoms with van der Waals surface area (Å²) in [5.74, 6) is 2.93. The average Bonchev–Trinajstić information content (AvgIpc) is 3.29. The summed E-state index contributed by atoms with van der Waals surface area (Å²) >= 11 is 5.50. The van der Waals surface area contributed by atoms with Gasteiger partial charge < -0.3 is 0 Å². The van der Waals surface area contributed by atoms with Crippen LogP contribution in [-0.4, -0.2) is 40.9 Å². The van der Waals surface area contributed by atoms with E-state index >= 15 is 0 Å². The molecule has 4 rings (SSSR count). The van der Waals surface area contributed by atoms with Gasteiger partial charge in [-0.05, 0) is 17.7 Å². The van der Waals surface area contributed by atoms with Gasteiger partial charge >= 0.3 is 0 Å². The minimum atomic E-state index is 0.134. The summed E-state index contributed by atoms with van der Waals surface area (Å²) in [7, 11) is 0. The molecule has 0 radical (unpaired) electrons. The molecule has 1 aromatic heterocycles. The molecule has 108 valence electrons. The van der Waals surface area contributed by atoms with Crippen LogP contribution in [0.2, 0.25) is 0 Å². The summed E-state index contributed by atoms with van der Waals surface area (Å²) in [5, 5.41) is 0.472. The number of rotatable bonds is 3. The van der Waals surface area contributed by atoms with Crippen molar-refractivity contribution in [1.82, 2.24) is 4.98 Å². The first-order chi connectivity index (χ1) is 10.4. The summed E-state index contributed by atoms with van der Waals surface area (Å²) in [4.78, 5) is 18.5. The van der Waals surface area contributed by atoms with Crippen LogP contribution in [0.1, 0.15) is 33.1 Å². The van der Waals surface area contributed by atoms with Crippen LogP contribution in [0, 0.1) is 0 Å². The molecule has 0 bridgehead atoms. The SMILES string of the molecule is C1=NC(c2cc(C3N=CCS3)nc(C3N=CCS3)c2)SC1. The van der Waals surface area contributed by atoms with E-state index in [0.717, 1.165) is 28.6 Å². The Bertz CT molecular complexity index is 531. The van der Waals surface area contributed by atoms with Crippen molar-refractivity contribution in [3.63, 3.8) is 0 Å². The van der Waals surface area contributed by atoms with Crippen LogP contribution in [0.5, 0.6) is 0 Å². The van der Waals surface area contributed by atoms with Crippen LogP contribution in [-0.2, 0) is 0 Å². The van der Waals surface area contributed by atoms with Gasteiger partial charge in [-0.25, -0.2) is 0 Å². The Labute approximate surface area is 136 Å². The zero-order valence-corrected chi connectivity index (χ0v) is 13.7. The van der Waals surface area contributed by atoms with E-state index < -0.39 is 0 Å². The molecule has 1 aromatic rings. The number of aromatic nitrogens is 1. The Morgan fingerprint density at radius 2 is 1.19 bits per heavy atom. The Hall–Kier alpha value is -0.790. The summed E-state index contributed by atoms with van der Waals surface area (Å²) in [6.45, 7) is 0. The fraction of sp³-hybridized carbons (Fsp3) is 0.429. The number of pyridine rings is 1. The van der Waals surface area contributed by atoms with Crippen LogP contribution >= 0.6 is 35.3 Å². The smallest absolute Gasteiger partial charge is 0.137 e. The molecule has 3 atom stereocenters. The molecule has 3 unspecified atom stereocenters. The number of nitrogens with zero attached hydrogens (tertiary/aromatic N) is 4. The molecule has 3 aliphatic rings. The number of hydrogen-bond donors (Lipinski definition) is 0. The minimum absolute atomic E-state index is 0.134. The third-order valence-electron chi connectivity index (χ3n) is 3.39. The van der Waals surface area contributed by atoms with Crippen molar-refractivity contribution >= 4 is 53.9 Å². The maximum absolute atomic E-state index is 4.84. The molecule has 4 nitrogen and oxygen atoms in total. The van der Waals surface area contributed by atoms with Crippen LogP contribution in [0.25, 0.3) is 0 Å². The maximum Gasteiger partial charge on any atom is 0.137 e. The highest BCUT2D eigenvalue weighted by Crippen LogP contribution is 2.40. The Balaban J connectivity index is 1.73. The number of hydrogen-bond acceptors (Lipinski definition) is 7. The molecule has 7 heteroatoms. The quantitative estimate of drug-likeness (QED) is 0.848. The molecule has 0 N–H and O–H groups in total. The Kier molecular flexibility index (Phi) is 4.05. The van der Waals surface area contributed by atoms with Gasteiger partial charge in [0, 0.05) is 35.9 Å². The Morgan fingerprint density at radius 1 is 0.714 bits per heavy atom. The average molecular weight is 334 g/mol. The molecule has 0 fully saturated rings. The lowest BCUT2D eigenvalue weighted by atomic mass is 10.1. The molecule has 21 heavy (non-hydrogen) atoms. The van der Waals surface area contributed by atoms with E-state index in [1.165, 1.54) is 5.56 Å². The Morgan fingerprint density at radius 3 is 1.62 bits per heavy atom. The minimum Gasteiger partial charge on any atom is -0.278 e. The van der Waals surface area contributed by atoms with Crippen molar-refractivity contribution in [3.8, 4) is 0 Å². The van der Waals surface area contributed by atoms with Gasteiger partial charge in [0.1, 0.15) is 16.1 Å². The van der Waals surface area contributed by atoms with Crippen molar-refractivity contribution < 1.29 is 0 Å². The van der Waals surface area contributed by atoms with Gasteiger partial charge in [0.25, 0.3) is 0 Å². The predicted molar refractivity (Wildman–Crippen MR) is 95.3 cm³/mol. The highest BCUT2D eigenvalue weighted by atomic mass is 32.2. The second-order valence-corrected chi connectivity index (χ2v) is 8.14. The topological polar surface area (TPSA) is 50.0 Å². The van der Waals surface area contributed by atoms with Gasteiger partial charge in [-0.2, -0.15) is 0 Å². The molecule has 0 aliphatic carbocycles. The summed E-state index contributed by atoms with van der Waals surface area (Å²) in [6.07, 6.45) is 5.96. The van der Waals surface area contributed by atoms with E-state index in [1.807, 2.05) is 53.9 Å². The van der Waals surface area contributed by atoms with Crippen molar-refractivity contribution in [2.75, 3.05) is 17.3 Å². The summed E-state index contributed by atoms with van der Waals surface area (Å²) in [6, 6.07) is 4.35. The van der Waals surface area contributed by atoms with Crippen molar-refractivity contribution in [1.29, 1.82) is 0 Å². The predicted octanol–water partition coefficient (Wildman–Crippen LogP) is 3.53. The van der Waals surface area contributed by atoms with E-state index in [9.17, 15) is 0 Å². The maximum atomic E-state index is 4.84. The molecule has 0 saturated carbocycles. The highest BCUT2D eigenvalue weighted by molar-refractivity contribution is 8.00. The fourth-order valence-electron chi connectivity index (χ4n) is 2.45. The van der Waals surface area contributed by atoms with Crippen LogP contribution in [0.4, 0.5) is 0 Å². The highest BCUT2D eigenvalue weighted by Gasteiger charge is 2.24. The standard InChI is InChI=1S/C14H14N4S3/c1-4-19-12(15-1)9-7-10(13-16-2-5-20-13)18-11(8-9)14-17-3-6-21-14/h1-3,7-8,12-14H,4-6H2. The molecule has 0 amide bonds. The fourth-order valence-corrected chi connectivity index (χ4v) is 4.94. The van der Waals surface area contributed by atoms with Gasteiger partial charge in [-0.3, -0.25) is 20.0 Å². The van der Waals surface area contributed by atoms with E-state index in [4.69, 9.17) is 4.98 Å². The second kappa shape index (κ2) is 6.14. The van der Waals surface area contributed by atoms with Crippen LogP contribution in [0.3, 0.4) is 0 Å². The first kappa shape index (κ1) is 13.8. The molecular formula is C14H14N4S3. The molecule has 4 heterocycles. The van der Waals surface area contributed by atoms with Gasteiger partial charge in [0.05, 0.1) is 11.4 Å². The third-order valence-corrected chi connectivity index (χ3v) is 6.48. The zero-order valence-electron chi connectivity index (χ0n) is 11.3. The lowest BCUT2D eigenvalue weighted by Crippen LogP contribution is -2.03. The number of thioether (sulfide) groups is 3. The number of aliphatic imine (C=N–C) groups is 3. The van der Waals surface area contributed by atoms with Gasteiger partial charge in [0.15, 0.2) is 0 Å². The summed E-state index contributed by atoms with van der Waals surface area (Å²) in [5.41, 5.74) is 3.33. The molecule has 0 saturated heterocycles. The largest absolute Gasteiger partial charge is 0.278 e. The first-order valence-electron chi connectivity index (χ1n) is 6.82. The van der Waals surface area contributed by atoms with E-state index in [-0.39, 0.29) is 16.1 Å². The molecule has 3 aliphatic heterocycles. The normalized spacial score (nSPS) is 30.6. The molecule has 0 aromatic carbocycles. The van der Waals surface area contributed by atoms with E-state index in [1.54, 1.807) is 0 Å². The van der Waals surface area contributed by atoms with E-state index in [2.05, 4.69) is 27.1 Å². The van der Waals surface area contributed by atoms with Gasteiger partial charge in [0.2, 0.25) is 0 Å². The van der Waals surface area contributed by atoms with Crippen molar-refractivity contribution in [2.45, 2.75) is 16.1 Å².